The van der Waals surface area contributed by atoms with Crippen molar-refractivity contribution in [1.29, 1.82) is 0 Å². The number of nitrogens with zero attached hydrogens (tertiary/aromatic N) is 1. The molecule has 0 saturated heterocycles. The molecule has 1 radical (unpaired) electrons. The minimum absolute atomic E-state index is 0.0424. The Morgan fingerprint density at radius 2 is 2.07 bits per heavy atom. The van der Waals surface area contributed by atoms with Gasteiger partial charge in [-0.15, -0.1) is 0 Å². The highest BCUT2D eigenvalue weighted by Crippen LogP contribution is 2.34. The quantitative estimate of drug-likeness (QED) is 0.694. The van der Waals surface area contributed by atoms with Gasteiger partial charge in [-0.1, -0.05) is 6.07 Å². The molecule has 2 heterocycles. The minimum Gasteiger partial charge on any atom is -0.486 e. The second kappa shape index (κ2) is 3.46. The van der Waals surface area contributed by atoms with Crippen LogP contribution in [0.25, 0.3) is 0 Å². The molecule has 2 aliphatic rings. The molecule has 1 unspecified atom stereocenters. The highest BCUT2D eigenvalue weighted by molar-refractivity contribution is 5.51. The van der Waals surface area contributed by atoms with Gasteiger partial charge >= 0.3 is 0 Å². The lowest BCUT2D eigenvalue weighted by Gasteiger charge is -2.19. The zero-order valence-corrected chi connectivity index (χ0v) is 8.10. The van der Waals surface area contributed by atoms with Gasteiger partial charge in [0.15, 0.2) is 11.5 Å². The maximum absolute atomic E-state index is 5.50. The van der Waals surface area contributed by atoms with Gasteiger partial charge in [0.1, 0.15) is 25.9 Å². The Kier molecular flexibility index (Phi) is 1.98. The SMILES string of the molecule is [C]1=NC(c2ccc3c(c2)OCCO3)CO1. The summed E-state index contributed by atoms with van der Waals surface area (Å²) < 4.78 is 15.9. The zero-order valence-electron chi connectivity index (χ0n) is 8.10. The Bertz CT molecular complexity index is 403. The molecule has 15 heavy (non-hydrogen) atoms. The Morgan fingerprint density at radius 1 is 1.20 bits per heavy atom. The molecule has 4 nitrogen and oxygen atoms in total. The van der Waals surface area contributed by atoms with Crippen molar-refractivity contribution < 1.29 is 14.2 Å². The number of ether oxygens (including phenoxy) is 3. The van der Waals surface area contributed by atoms with E-state index in [4.69, 9.17) is 14.2 Å². The minimum atomic E-state index is 0.0424. The van der Waals surface area contributed by atoms with Gasteiger partial charge in [-0.2, -0.15) is 0 Å². The van der Waals surface area contributed by atoms with E-state index in [1.54, 1.807) is 0 Å². The van der Waals surface area contributed by atoms with E-state index in [2.05, 4.69) is 11.4 Å². The molecule has 0 saturated carbocycles. The maximum atomic E-state index is 5.50. The lowest BCUT2D eigenvalue weighted by molar-refractivity contribution is 0.171. The van der Waals surface area contributed by atoms with Gasteiger partial charge in [-0.3, -0.25) is 0 Å². The van der Waals surface area contributed by atoms with E-state index in [1.165, 1.54) is 0 Å². The van der Waals surface area contributed by atoms with Crippen LogP contribution in [0.3, 0.4) is 0 Å². The molecular weight excluding hydrogens is 194 g/mol. The monoisotopic (exact) mass is 204 g/mol. The molecule has 0 amide bonds. The molecule has 3 rings (SSSR count). The summed E-state index contributed by atoms with van der Waals surface area (Å²) in [5.74, 6) is 1.60. The molecule has 0 aromatic heterocycles. The molecule has 1 aromatic carbocycles. The number of hydrogen-bond acceptors (Lipinski definition) is 4. The zero-order chi connectivity index (χ0) is 10.1. The average molecular weight is 204 g/mol. The van der Waals surface area contributed by atoms with Gasteiger partial charge in [0.25, 0.3) is 6.40 Å². The van der Waals surface area contributed by atoms with Crippen molar-refractivity contribution >= 4 is 6.40 Å². The second-order valence-corrected chi connectivity index (χ2v) is 3.45. The van der Waals surface area contributed by atoms with Crippen molar-refractivity contribution in [3.8, 4) is 11.5 Å². The van der Waals surface area contributed by atoms with Crippen LogP contribution in [0, 0.1) is 0 Å². The van der Waals surface area contributed by atoms with E-state index in [1.807, 2.05) is 18.2 Å². The van der Waals surface area contributed by atoms with Gasteiger partial charge in [0, 0.05) is 0 Å². The lowest BCUT2D eigenvalue weighted by atomic mass is 10.1. The summed E-state index contributed by atoms with van der Waals surface area (Å²) in [5, 5.41) is 0. The fourth-order valence-electron chi connectivity index (χ4n) is 1.69. The van der Waals surface area contributed by atoms with E-state index < -0.39 is 0 Å². The fourth-order valence-corrected chi connectivity index (χ4v) is 1.69. The van der Waals surface area contributed by atoms with E-state index in [0.29, 0.717) is 19.8 Å². The molecule has 77 valence electrons. The van der Waals surface area contributed by atoms with Crippen molar-refractivity contribution in [2.24, 2.45) is 4.99 Å². The predicted octanol–water partition coefficient (Wildman–Crippen LogP) is 1.43. The lowest BCUT2D eigenvalue weighted by Crippen LogP contribution is -2.15. The largest absolute Gasteiger partial charge is 0.486 e. The Morgan fingerprint density at radius 3 is 2.87 bits per heavy atom. The first-order chi connectivity index (χ1) is 7.43. The van der Waals surface area contributed by atoms with Crippen molar-refractivity contribution in [1.82, 2.24) is 0 Å². The molecular formula is C11H10NO3. The second-order valence-electron chi connectivity index (χ2n) is 3.45. The van der Waals surface area contributed by atoms with Crippen LogP contribution in [-0.4, -0.2) is 26.2 Å². The number of fused-ring (bicyclic) bond motifs is 1. The molecule has 0 N–H and O–H groups in total. The highest BCUT2D eigenvalue weighted by atomic mass is 16.6. The molecule has 0 aliphatic carbocycles. The van der Waals surface area contributed by atoms with Gasteiger partial charge in [-0.05, 0) is 17.7 Å². The predicted molar refractivity (Wildman–Crippen MR) is 53.6 cm³/mol. The third-order valence-corrected chi connectivity index (χ3v) is 2.47. The van der Waals surface area contributed by atoms with Gasteiger partial charge in [-0.25, -0.2) is 4.99 Å². The average Bonchev–Trinajstić information content (AvgIpc) is 2.82. The molecule has 4 heteroatoms. The van der Waals surface area contributed by atoms with E-state index in [0.717, 1.165) is 17.1 Å². The van der Waals surface area contributed by atoms with Crippen LogP contribution in [0.1, 0.15) is 11.6 Å². The molecule has 0 bridgehead atoms. The fraction of sp³-hybridized carbons (Fsp3) is 0.364. The van der Waals surface area contributed by atoms with Crippen LogP contribution in [-0.2, 0) is 4.74 Å². The van der Waals surface area contributed by atoms with Crippen molar-refractivity contribution in [2.45, 2.75) is 6.04 Å². The summed E-state index contributed by atoms with van der Waals surface area (Å²) in [6, 6.07) is 5.90. The van der Waals surface area contributed by atoms with Crippen molar-refractivity contribution in [3.63, 3.8) is 0 Å². The molecule has 0 fully saturated rings. The highest BCUT2D eigenvalue weighted by Gasteiger charge is 2.18. The van der Waals surface area contributed by atoms with Crippen LogP contribution in [0.5, 0.6) is 11.5 Å². The summed E-state index contributed by atoms with van der Waals surface area (Å²) in [5.41, 5.74) is 1.07. The summed E-state index contributed by atoms with van der Waals surface area (Å²) in [6.07, 6.45) is 2.50. The van der Waals surface area contributed by atoms with E-state index in [9.17, 15) is 0 Å². The third-order valence-electron chi connectivity index (χ3n) is 2.47. The summed E-state index contributed by atoms with van der Waals surface area (Å²) >= 11 is 0. The normalized spacial score (nSPS) is 22.5. The van der Waals surface area contributed by atoms with Crippen LogP contribution in [0.2, 0.25) is 0 Å². The van der Waals surface area contributed by atoms with Crippen LogP contribution < -0.4 is 9.47 Å². The van der Waals surface area contributed by atoms with E-state index in [-0.39, 0.29) is 6.04 Å². The number of rotatable bonds is 1. The van der Waals surface area contributed by atoms with Crippen LogP contribution in [0.4, 0.5) is 0 Å². The smallest absolute Gasteiger partial charge is 0.273 e. The first-order valence-corrected chi connectivity index (χ1v) is 4.90. The standard InChI is InChI=1S/C11H10NO3/c1-2-10-11(15-4-3-14-10)5-8(1)9-6-13-7-12-9/h1-2,5,9H,3-4,6H2. The molecule has 1 aromatic rings. The number of aliphatic imine (C=N–C) groups is 1. The van der Waals surface area contributed by atoms with Gasteiger partial charge in [0.05, 0.1) is 0 Å². The van der Waals surface area contributed by atoms with Crippen LogP contribution in [0.15, 0.2) is 23.2 Å². The molecule has 1 atom stereocenters. The maximum Gasteiger partial charge on any atom is 0.273 e. The van der Waals surface area contributed by atoms with Crippen molar-refractivity contribution in [3.05, 3.63) is 23.8 Å². The number of hydrogen-bond donors (Lipinski definition) is 0. The molecule has 0 spiro atoms. The Hall–Kier alpha value is -1.71. The first-order valence-electron chi connectivity index (χ1n) is 4.90. The Labute approximate surface area is 87.5 Å². The summed E-state index contributed by atoms with van der Waals surface area (Å²) in [7, 11) is 0. The van der Waals surface area contributed by atoms with Gasteiger partial charge in [0.2, 0.25) is 0 Å². The van der Waals surface area contributed by atoms with E-state index >= 15 is 0 Å². The Balaban J connectivity index is 1.93. The molecule has 2 aliphatic heterocycles. The third kappa shape index (κ3) is 1.52. The summed E-state index contributed by atoms with van der Waals surface area (Å²) in [6.45, 7) is 1.78. The summed E-state index contributed by atoms with van der Waals surface area (Å²) in [4.78, 5) is 4.09. The number of benzene rings is 1. The van der Waals surface area contributed by atoms with Crippen molar-refractivity contribution in [2.75, 3.05) is 19.8 Å². The van der Waals surface area contributed by atoms with Gasteiger partial charge < -0.3 is 14.2 Å². The topological polar surface area (TPSA) is 40.0 Å². The first kappa shape index (κ1) is 8.59. The van der Waals surface area contributed by atoms with Crippen LogP contribution >= 0.6 is 0 Å².